The molecule has 0 saturated carbocycles. The van der Waals surface area contributed by atoms with E-state index in [1.165, 1.54) is 27.9 Å². The molecule has 2 atom stereocenters. The molecular weight excluding hydrogens is 340 g/mol. The first-order chi connectivity index (χ1) is 13.3. The van der Waals surface area contributed by atoms with Crippen LogP contribution >= 0.6 is 0 Å². The third-order valence-electron chi connectivity index (χ3n) is 5.68. The molecule has 1 rings (SSSR count). The van der Waals surface area contributed by atoms with Crippen molar-refractivity contribution in [2.45, 2.75) is 99.0 Å². The highest BCUT2D eigenvalue weighted by atomic mass is 16.5. The molecule has 1 nitrogen and oxygen atoms in total. The van der Waals surface area contributed by atoms with E-state index in [0.29, 0.717) is 5.92 Å². The fraction of sp³-hybridized carbons (Fsp3) is 0.630. The highest BCUT2D eigenvalue weighted by Crippen LogP contribution is 2.30. The smallest absolute Gasteiger partial charge is 0.0679 e. The molecule has 0 aromatic carbocycles. The van der Waals surface area contributed by atoms with Gasteiger partial charge in [0.1, 0.15) is 0 Å². The summed E-state index contributed by atoms with van der Waals surface area (Å²) in [4.78, 5) is 0. The van der Waals surface area contributed by atoms with Gasteiger partial charge in [0.15, 0.2) is 0 Å². The van der Waals surface area contributed by atoms with Gasteiger partial charge in [-0.05, 0) is 92.9 Å². The highest BCUT2D eigenvalue weighted by Gasteiger charge is 2.24. The molecule has 0 amide bonds. The monoisotopic (exact) mass is 384 g/mol. The van der Waals surface area contributed by atoms with Gasteiger partial charge >= 0.3 is 0 Å². The summed E-state index contributed by atoms with van der Waals surface area (Å²) in [5.74, 6) is 0.393. The molecule has 28 heavy (non-hydrogen) atoms. The molecule has 0 radical (unpaired) electrons. The van der Waals surface area contributed by atoms with E-state index < -0.39 is 0 Å². The Bertz CT molecular complexity index is 596. The van der Waals surface area contributed by atoms with E-state index in [9.17, 15) is 0 Å². The summed E-state index contributed by atoms with van der Waals surface area (Å²) in [5, 5.41) is 0. The molecule has 0 saturated heterocycles. The Balaban J connectivity index is 3.06. The first-order valence-corrected chi connectivity index (χ1v) is 11.2. The maximum absolute atomic E-state index is 6.27. The van der Waals surface area contributed by atoms with E-state index in [1.807, 2.05) is 0 Å². The van der Waals surface area contributed by atoms with E-state index in [4.69, 9.17) is 4.74 Å². The maximum Gasteiger partial charge on any atom is 0.0679 e. The predicted octanol–water partition coefficient (Wildman–Crippen LogP) is 8.50. The van der Waals surface area contributed by atoms with Crippen molar-refractivity contribution >= 4 is 0 Å². The second-order valence-electron chi connectivity index (χ2n) is 8.75. The quantitative estimate of drug-likeness (QED) is 0.417. The Morgan fingerprint density at radius 1 is 1.04 bits per heavy atom. The summed E-state index contributed by atoms with van der Waals surface area (Å²) in [5.41, 5.74) is 7.19. The molecule has 0 fully saturated rings. The average Bonchev–Trinajstić information content (AvgIpc) is 2.61. The molecule has 0 N–H and O–H groups in total. The van der Waals surface area contributed by atoms with Gasteiger partial charge in [0.05, 0.1) is 6.10 Å². The molecule has 0 heterocycles. The van der Waals surface area contributed by atoms with Gasteiger partial charge in [0, 0.05) is 12.5 Å². The normalized spacial score (nSPS) is 28.0. The van der Waals surface area contributed by atoms with Crippen LogP contribution in [0.3, 0.4) is 0 Å². The van der Waals surface area contributed by atoms with E-state index in [1.54, 1.807) is 0 Å². The first-order valence-electron chi connectivity index (χ1n) is 11.2. The minimum atomic E-state index is 0.226. The van der Waals surface area contributed by atoms with Crippen LogP contribution in [0, 0.1) is 5.92 Å². The van der Waals surface area contributed by atoms with Gasteiger partial charge in [-0.2, -0.15) is 0 Å². The summed E-state index contributed by atoms with van der Waals surface area (Å²) in [7, 11) is 0. The van der Waals surface area contributed by atoms with Gasteiger partial charge in [-0.1, -0.05) is 58.7 Å². The second kappa shape index (κ2) is 13.8. The minimum absolute atomic E-state index is 0.226. The molecule has 0 aromatic heterocycles. The fourth-order valence-corrected chi connectivity index (χ4v) is 3.87. The third-order valence-corrected chi connectivity index (χ3v) is 5.68. The van der Waals surface area contributed by atoms with E-state index in [0.717, 1.165) is 58.0 Å². The lowest BCUT2D eigenvalue weighted by atomic mass is 9.84. The zero-order valence-electron chi connectivity index (χ0n) is 19.4. The number of allylic oxidation sites excluding steroid dienone is 7. The largest absolute Gasteiger partial charge is 0.378 e. The first kappa shape index (κ1) is 24.7. The average molecular weight is 385 g/mol. The van der Waals surface area contributed by atoms with Crippen LogP contribution in [0.4, 0.5) is 0 Å². The lowest BCUT2D eigenvalue weighted by Crippen LogP contribution is -2.26. The molecule has 0 unspecified atom stereocenters. The summed E-state index contributed by atoms with van der Waals surface area (Å²) in [6.07, 6.45) is 18.6. The summed E-state index contributed by atoms with van der Waals surface area (Å²) >= 11 is 0. The molecule has 0 bridgehead atoms. The lowest BCUT2D eigenvalue weighted by Gasteiger charge is -2.29. The van der Waals surface area contributed by atoms with Crippen molar-refractivity contribution in [1.82, 2.24) is 0 Å². The van der Waals surface area contributed by atoms with Crippen LogP contribution < -0.4 is 0 Å². The molecule has 0 aromatic rings. The lowest BCUT2D eigenvalue weighted by molar-refractivity contribution is 0.0308. The number of ether oxygens (including phenoxy) is 1. The Kier molecular flexibility index (Phi) is 12.1. The Morgan fingerprint density at radius 2 is 1.64 bits per heavy atom. The molecule has 1 heteroatoms. The molecule has 158 valence electrons. The van der Waals surface area contributed by atoms with Crippen LogP contribution in [-0.4, -0.2) is 12.7 Å². The van der Waals surface area contributed by atoms with Crippen molar-refractivity contribution in [3.05, 3.63) is 58.7 Å². The van der Waals surface area contributed by atoms with Crippen molar-refractivity contribution < 1.29 is 4.74 Å². The number of hydrogen-bond donors (Lipinski definition) is 0. The zero-order chi connectivity index (χ0) is 20.9. The van der Waals surface area contributed by atoms with Crippen LogP contribution in [0.25, 0.3) is 0 Å². The van der Waals surface area contributed by atoms with Gasteiger partial charge in [0.2, 0.25) is 0 Å². The molecule has 1 aliphatic rings. The van der Waals surface area contributed by atoms with Gasteiger partial charge < -0.3 is 4.74 Å². The minimum Gasteiger partial charge on any atom is -0.378 e. The topological polar surface area (TPSA) is 9.23 Å². The van der Waals surface area contributed by atoms with E-state index >= 15 is 0 Å². The SMILES string of the molecule is C=C(CCC=C(C)C)[C@H]1C/C=C(\C)CC/C=C(/C)CC/C=C(\C)C[C@H]1OCC. The third kappa shape index (κ3) is 10.3. The summed E-state index contributed by atoms with van der Waals surface area (Å²) in [6.45, 7) is 18.5. The van der Waals surface area contributed by atoms with Crippen LogP contribution in [0.1, 0.15) is 92.9 Å². The highest BCUT2D eigenvalue weighted by molar-refractivity contribution is 5.14. The molecule has 1 aliphatic carbocycles. The Labute approximate surface area is 175 Å². The zero-order valence-corrected chi connectivity index (χ0v) is 19.4. The molecule has 0 aliphatic heterocycles. The number of rotatable bonds is 6. The fourth-order valence-electron chi connectivity index (χ4n) is 3.87. The van der Waals surface area contributed by atoms with Gasteiger partial charge in [-0.15, -0.1) is 0 Å². The molecular formula is C27H44O. The standard InChI is InChI=1S/C27H44O/c1-8-28-27-20-24(6)16-11-14-22(4)13-10-15-23(5)18-19-26(27)25(7)17-9-12-21(2)3/h12-13,16,18,26-27H,7-11,14-15,17,19-20H2,1-6H3/b22-13-,23-18+,24-16+/t26-,27-/m1/s1. The summed E-state index contributed by atoms with van der Waals surface area (Å²) in [6, 6.07) is 0. The van der Waals surface area contributed by atoms with Crippen molar-refractivity contribution in [3.63, 3.8) is 0 Å². The molecule has 0 spiro atoms. The van der Waals surface area contributed by atoms with Crippen molar-refractivity contribution in [2.75, 3.05) is 6.61 Å². The predicted molar refractivity (Wildman–Crippen MR) is 126 cm³/mol. The van der Waals surface area contributed by atoms with Crippen LogP contribution in [0.5, 0.6) is 0 Å². The van der Waals surface area contributed by atoms with Crippen molar-refractivity contribution in [3.8, 4) is 0 Å². The van der Waals surface area contributed by atoms with Crippen LogP contribution in [-0.2, 0) is 4.74 Å². The van der Waals surface area contributed by atoms with Crippen molar-refractivity contribution in [1.29, 1.82) is 0 Å². The number of hydrogen-bond acceptors (Lipinski definition) is 1. The summed E-state index contributed by atoms with van der Waals surface area (Å²) < 4.78 is 6.27. The van der Waals surface area contributed by atoms with Crippen LogP contribution in [0.2, 0.25) is 0 Å². The van der Waals surface area contributed by atoms with Gasteiger partial charge in [-0.3, -0.25) is 0 Å². The Hall–Kier alpha value is -1.34. The Morgan fingerprint density at radius 3 is 2.25 bits per heavy atom. The van der Waals surface area contributed by atoms with Crippen LogP contribution in [0.15, 0.2) is 58.7 Å². The van der Waals surface area contributed by atoms with E-state index in [2.05, 4.69) is 72.4 Å². The maximum atomic E-state index is 6.27. The van der Waals surface area contributed by atoms with Gasteiger partial charge in [-0.25, -0.2) is 0 Å². The van der Waals surface area contributed by atoms with Gasteiger partial charge in [0.25, 0.3) is 0 Å². The second-order valence-corrected chi connectivity index (χ2v) is 8.75. The van der Waals surface area contributed by atoms with Crippen molar-refractivity contribution in [2.24, 2.45) is 5.92 Å². The van der Waals surface area contributed by atoms with E-state index in [-0.39, 0.29) is 6.10 Å².